The Balaban J connectivity index is 0.908. The molecular formula is C44H44F4N6O3. The first-order valence-corrected chi connectivity index (χ1v) is 19.3. The van der Waals surface area contributed by atoms with E-state index in [2.05, 4.69) is 20.1 Å². The number of ether oxygens (including phenoxy) is 1. The Kier molecular flexibility index (Phi) is 10.4. The molecule has 2 N–H and O–H groups in total. The first-order valence-electron chi connectivity index (χ1n) is 19.3. The van der Waals surface area contributed by atoms with Crippen LogP contribution in [0.1, 0.15) is 65.2 Å². The van der Waals surface area contributed by atoms with Crippen LogP contribution in [0.5, 0.6) is 5.75 Å². The third-order valence-corrected chi connectivity index (χ3v) is 11.1. The van der Waals surface area contributed by atoms with Gasteiger partial charge in [0.1, 0.15) is 35.5 Å². The summed E-state index contributed by atoms with van der Waals surface area (Å²) in [6.07, 6.45) is 0.904. The van der Waals surface area contributed by atoms with Gasteiger partial charge in [0.2, 0.25) is 0 Å². The molecule has 1 fully saturated rings. The van der Waals surface area contributed by atoms with E-state index >= 15 is 17.6 Å². The summed E-state index contributed by atoms with van der Waals surface area (Å²) < 4.78 is 68.2. The lowest BCUT2D eigenvalue weighted by Crippen LogP contribution is -2.49. The van der Waals surface area contributed by atoms with Gasteiger partial charge in [-0.2, -0.15) is 5.10 Å². The zero-order chi connectivity index (χ0) is 40.0. The standard InChI is InChI=1S/C44H44F4N6O3/c1-26-20-32-30-9-6-7-11-37(30)49-40(32)41(54(26)25-44(2,3)48)39-35(46)23-28(24-36(39)47)57-19-18-52-14-16-53(17-15-52)43(56)33-21-27(12-13-34(33)45)22-38-29-8-4-5-10-31(29)42(55)51-50-38/h4-13,21,23-24,26,41,49H,14-20,22,25H2,1-3H3,(H,51,55)/t26-,41-/m0/s1. The van der Waals surface area contributed by atoms with E-state index in [-0.39, 0.29) is 41.6 Å². The number of carbonyl (C=O) groups excluding carboxylic acids is 1. The van der Waals surface area contributed by atoms with Crippen LogP contribution in [-0.2, 0) is 12.8 Å². The summed E-state index contributed by atoms with van der Waals surface area (Å²) in [5.74, 6) is -2.55. The average Bonchev–Trinajstić information content (AvgIpc) is 3.55. The van der Waals surface area contributed by atoms with Gasteiger partial charge >= 0.3 is 0 Å². The third kappa shape index (κ3) is 7.78. The minimum absolute atomic E-state index is 0.0153. The predicted molar refractivity (Wildman–Crippen MR) is 211 cm³/mol. The summed E-state index contributed by atoms with van der Waals surface area (Å²) in [4.78, 5) is 34.6. The summed E-state index contributed by atoms with van der Waals surface area (Å²) in [7, 11) is 0. The van der Waals surface area contributed by atoms with Crippen LogP contribution >= 0.6 is 0 Å². The smallest absolute Gasteiger partial charge is 0.272 e. The van der Waals surface area contributed by atoms with Crippen molar-refractivity contribution in [3.8, 4) is 5.75 Å². The van der Waals surface area contributed by atoms with Gasteiger partial charge in [-0.15, -0.1) is 0 Å². The molecule has 6 aromatic rings. The molecule has 2 atom stereocenters. The van der Waals surface area contributed by atoms with E-state index in [1.807, 2.05) is 48.2 Å². The van der Waals surface area contributed by atoms with Crippen molar-refractivity contribution in [1.82, 2.24) is 29.9 Å². The van der Waals surface area contributed by atoms with Gasteiger partial charge in [-0.1, -0.05) is 42.5 Å². The van der Waals surface area contributed by atoms with E-state index in [0.29, 0.717) is 73.3 Å². The van der Waals surface area contributed by atoms with E-state index < -0.39 is 35.1 Å². The van der Waals surface area contributed by atoms with Crippen LogP contribution < -0.4 is 10.3 Å². The number of aromatic amines is 2. The van der Waals surface area contributed by atoms with E-state index in [1.54, 1.807) is 23.1 Å². The Morgan fingerprint density at radius 2 is 1.58 bits per heavy atom. The van der Waals surface area contributed by atoms with Crippen molar-refractivity contribution in [2.24, 2.45) is 0 Å². The number of amides is 1. The lowest BCUT2D eigenvalue weighted by atomic mass is 9.87. The highest BCUT2D eigenvalue weighted by molar-refractivity contribution is 5.95. The number of benzene rings is 4. The second-order valence-corrected chi connectivity index (χ2v) is 15.7. The van der Waals surface area contributed by atoms with Crippen LogP contribution in [0, 0.1) is 17.5 Å². The molecule has 0 bridgehead atoms. The number of piperazine rings is 1. The van der Waals surface area contributed by atoms with Gasteiger partial charge in [0, 0.05) is 91.4 Å². The van der Waals surface area contributed by atoms with Gasteiger partial charge in [-0.25, -0.2) is 22.7 Å². The molecule has 57 heavy (non-hydrogen) atoms. The lowest BCUT2D eigenvalue weighted by Gasteiger charge is -2.43. The SMILES string of the molecule is C[C@H]1Cc2c([nH]c3ccccc23)[C@H](c2c(F)cc(OCCN3CCN(C(=O)c4cc(Cc5n[nH]c(=O)c6ccccc56)ccc4F)CC3)cc2F)N1CC(C)(C)F. The molecule has 13 heteroatoms. The van der Waals surface area contributed by atoms with Crippen molar-refractivity contribution in [2.75, 3.05) is 45.9 Å². The molecule has 9 nitrogen and oxygen atoms in total. The van der Waals surface area contributed by atoms with Crippen molar-refractivity contribution in [3.05, 3.63) is 140 Å². The van der Waals surface area contributed by atoms with E-state index in [0.717, 1.165) is 16.5 Å². The molecule has 2 aliphatic heterocycles. The zero-order valence-corrected chi connectivity index (χ0v) is 32.0. The van der Waals surface area contributed by atoms with Crippen molar-refractivity contribution >= 4 is 27.6 Å². The van der Waals surface area contributed by atoms with Gasteiger partial charge in [-0.05, 0) is 62.6 Å². The maximum Gasteiger partial charge on any atom is 0.272 e. The fraction of sp³-hybridized carbons (Fsp3) is 0.341. The second kappa shape index (κ2) is 15.4. The van der Waals surface area contributed by atoms with E-state index in [9.17, 15) is 9.59 Å². The molecule has 4 heterocycles. The fourth-order valence-electron chi connectivity index (χ4n) is 8.39. The van der Waals surface area contributed by atoms with Gasteiger partial charge in [0.05, 0.1) is 22.7 Å². The highest BCUT2D eigenvalue weighted by Gasteiger charge is 2.41. The number of halogens is 4. The van der Waals surface area contributed by atoms with Crippen molar-refractivity contribution in [3.63, 3.8) is 0 Å². The molecule has 1 amide bonds. The zero-order valence-electron chi connectivity index (χ0n) is 32.0. The number of hydrogen-bond acceptors (Lipinski definition) is 6. The number of rotatable bonds is 10. The molecule has 2 aromatic heterocycles. The fourth-order valence-corrected chi connectivity index (χ4v) is 8.39. The average molecular weight is 781 g/mol. The van der Waals surface area contributed by atoms with Gasteiger partial charge in [0.15, 0.2) is 0 Å². The lowest BCUT2D eigenvalue weighted by molar-refractivity contribution is 0.0614. The molecule has 1 saturated heterocycles. The summed E-state index contributed by atoms with van der Waals surface area (Å²) >= 11 is 0. The largest absolute Gasteiger partial charge is 0.492 e. The number of fused-ring (bicyclic) bond motifs is 4. The van der Waals surface area contributed by atoms with Crippen LogP contribution in [0.25, 0.3) is 21.7 Å². The summed E-state index contributed by atoms with van der Waals surface area (Å²) in [6.45, 7) is 7.17. The van der Waals surface area contributed by atoms with E-state index in [4.69, 9.17) is 4.74 Å². The number of para-hydroxylation sites is 1. The molecular weight excluding hydrogens is 737 g/mol. The predicted octanol–water partition coefficient (Wildman–Crippen LogP) is 7.33. The second-order valence-electron chi connectivity index (χ2n) is 15.7. The van der Waals surface area contributed by atoms with Crippen LogP contribution in [0.4, 0.5) is 17.6 Å². The number of H-pyrrole nitrogens is 2. The van der Waals surface area contributed by atoms with E-state index in [1.165, 1.54) is 38.1 Å². The molecule has 2 aliphatic rings. The highest BCUT2D eigenvalue weighted by atomic mass is 19.1. The topological polar surface area (TPSA) is 97.6 Å². The summed E-state index contributed by atoms with van der Waals surface area (Å²) in [5, 5.41) is 8.90. The van der Waals surface area contributed by atoms with Crippen LogP contribution in [0.15, 0.2) is 83.7 Å². The Morgan fingerprint density at radius 1 is 0.895 bits per heavy atom. The molecule has 0 radical (unpaired) electrons. The van der Waals surface area contributed by atoms with Crippen LogP contribution in [-0.4, -0.2) is 93.4 Å². The van der Waals surface area contributed by atoms with Crippen molar-refractivity contribution < 1.29 is 27.1 Å². The van der Waals surface area contributed by atoms with Gasteiger partial charge < -0.3 is 14.6 Å². The summed E-state index contributed by atoms with van der Waals surface area (Å²) in [6, 6.07) is 20.6. The molecule has 0 aliphatic carbocycles. The number of aromatic nitrogens is 3. The number of nitrogens with zero attached hydrogens (tertiary/aromatic N) is 4. The Labute approximate surface area is 327 Å². The van der Waals surface area contributed by atoms with Gasteiger partial charge in [-0.3, -0.25) is 19.4 Å². The Morgan fingerprint density at radius 3 is 2.30 bits per heavy atom. The number of carbonyl (C=O) groups is 1. The minimum Gasteiger partial charge on any atom is -0.492 e. The Bertz CT molecular complexity index is 2500. The normalized spacial score (nSPS) is 18.0. The minimum atomic E-state index is -1.60. The third-order valence-electron chi connectivity index (χ3n) is 11.1. The molecule has 296 valence electrons. The van der Waals surface area contributed by atoms with Crippen molar-refractivity contribution in [2.45, 2.75) is 51.4 Å². The van der Waals surface area contributed by atoms with Crippen LogP contribution in [0.3, 0.4) is 0 Å². The highest BCUT2D eigenvalue weighted by Crippen LogP contribution is 2.43. The molecule has 8 rings (SSSR count). The summed E-state index contributed by atoms with van der Waals surface area (Å²) in [5.41, 5.74) is 1.69. The number of hydrogen-bond donors (Lipinski definition) is 2. The van der Waals surface area contributed by atoms with Gasteiger partial charge in [0.25, 0.3) is 11.5 Å². The Hall–Kier alpha value is -5.53. The van der Waals surface area contributed by atoms with Crippen molar-refractivity contribution in [1.29, 1.82) is 0 Å². The molecule has 0 spiro atoms. The first kappa shape index (κ1) is 38.3. The number of alkyl halides is 1. The molecule has 4 aromatic carbocycles. The van der Waals surface area contributed by atoms with Crippen LogP contribution in [0.2, 0.25) is 0 Å². The molecule has 0 unspecified atom stereocenters. The maximum absolute atomic E-state index is 16.1. The maximum atomic E-state index is 16.1. The molecule has 0 saturated carbocycles. The monoisotopic (exact) mass is 780 g/mol. The quantitative estimate of drug-likeness (QED) is 0.141. The number of nitrogens with one attached hydrogen (secondary N) is 2. The first-order chi connectivity index (χ1) is 27.3.